The van der Waals surface area contributed by atoms with E-state index in [0.29, 0.717) is 17.9 Å². The van der Waals surface area contributed by atoms with Gasteiger partial charge in [-0.15, -0.1) is 0 Å². The first-order valence-corrected chi connectivity index (χ1v) is 18.2. The molecule has 0 aliphatic heterocycles. The number of methoxy groups -OCH3 is 2. The quantitative estimate of drug-likeness (QED) is 0.0599. The molecule has 0 aliphatic carbocycles. The monoisotopic (exact) mass is 716 g/mol. The van der Waals surface area contributed by atoms with Gasteiger partial charge in [-0.3, -0.25) is 9.36 Å². The highest BCUT2D eigenvalue weighted by molar-refractivity contribution is 7.44. The Balaban J connectivity index is 1.83. The van der Waals surface area contributed by atoms with Gasteiger partial charge < -0.3 is 27.8 Å². The summed E-state index contributed by atoms with van der Waals surface area (Å²) in [5.74, 6) is 1.42. The molecule has 0 radical (unpaired) electrons. The molecule has 272 valence electrons. The number of hydrogen-bond acceptors (Lipinski definition) is 9. The summed E-state index contributed by atoms with van der Waals surface area (Å²) in [4.78, 5) is 25.2. The molecule has 1 heterocycles. The van der Waals surface area contributed by atoms with Gasteiger partial charge in [0.15, 0.2) is 0 Å². The second kappa shape index (κ2) is 18.8. The van der Waals surface area contributed by atoms with Crippen LogP contribution in [0.25, 0.3) is 0 Å². The van der Waals surface area contributed by atoms with Crippen molar-refractivity contribution in [1.82, 2.24) is 13.8 Å². The second-order valence-corrected chi connectivity index (χ2v) is 14.0. The van der Waals surface area contributed by atoms with Gasteiger partial charge in [-0.1, -0.05) is 54.6 Å². The minimum Gasteiger partial charge on any atom is -0.497 e. The van der Waals surface area contributed by atoms with Crippen LogP contribution >= 0.6 is 8.53 Å². The van der Waals surface area contributed by atoms with Gasteiger partial charge in [0, 0.05) is 37.9 Å². The molecule has 0 saturated heterocycles. The van der Waals surface area contributed by atoms with E-state index in [2.05, 4.69) is 38.4 Å². The predicted octanol–water partition coefficient (Wildman–Crippen LogP) is 6.62. The summed E-state index contributed by atoms with van der Waals surface area (Å²) in [6, 6.07) is 29.3. The van der Waals surface area contributed by atoms with Crippen molar-refractivity contribution in [3.05, 3.63) is 129 Å². The lowest BCUT2D eigenvalue weighted by molar-refractivity contribution is -0.0372. The van der Waals surface area contributed by atoms with Crippen molar-refractivity contribution in [2.45, 2.75) is 70.9 Å². The van der Waals surface area contributed by atoms with Gasteiger partial charge in [0.25, 0.3) is 14.1 Å². The molecule has 1 aromatic heterocycles. The van der Waals surface area contributed by atoms with Gasteiger partial charge in [0.1, 0.15) is 17.1 Å². The van der Waals surface area contributed by atoms with E-state index in [0.717, 1.165) is 21.3 Å². The first-order chi connectivity index (χ1) is 24.5. The number of aromatic nitrogens is 2. The largest absolute Gasteiger partial charge is 0.497 e. The Morgan fingerprint density at radius 1 is 0.824 bits per heavy atom. The molecule has 4 rings (SSSR count). The van der Waals surface area contributed by atoms with Crippen molar-refractivity contribution in [2.24, 2.45) is 7.05 Å². The topological polar surface area (TPSA) is 117 Å². The van der Waals surface area contributed by atoms with Crippen LogP contribution in [0.3, 0.4) is 0 Å². The number of hydrogen-bond donors (Lipinski definition) is 0. The first kappa shape index (κ1) is 39.5. The van der Waals surface area contributed by atoms with Gasteiger partial charge in [0.2, 0.25) is 0 Å². The van der Waals surface area contributed by atoms with Crippen molar-refractivity contribution in [2.75, 3.05) is 27.4 Å². The van der Waals surface area contributed by atoms with Crippen molar-refractivity contribution >= 4 is 8.53 Å². The number of nitrogens with zero attached hydrogens (tertiary/aromatic N) is 4. The smallest absolute Gasteiger partial charge is 0.330 e. The van der Waals surface area contributed by atoms with Crippen LogP contribution in [0.15, 0.2) is 101 Å². The lowest BCUT2D eigenvalue weighted by Crippen LogP contribution is -2.40. The van der Waals surface area contributed by atoms with E-state index in [1.807, 2.05) is 78.9 Å². The Bertz CT molecular complexity index is 1760. The Morgan fingerprint density at radius 3 is 1.88 bits per heavy atom. The number of nitriles is 1. The standard InChI is InChI=1S/C39H49N4O7P/c1-29(2)43(30(3)4)51(49-27-11-24-40)50-36(22-25-42-26-23-37(44)41(5)38(42)45)28-48-39(31-12-9-8-10-13-31,32-14-18-34(46-6)19-15-32)33-16-20-35(47-7)21-17-33/h8-10,12-21,23,26,29-30,36H,11,22,25,27-28H2,1-7H3. The molecule has 0 amide bonds. The van der Waals surface area contributed by atoms with Crippen molar-refractivity contribution in [1.29, 1.82) is 5.26 Å². The molecular weight excluding hydrogens is 667 g/mol. The molecule has 3 aromatic carbocycles. The molecule has 51 heavy (non-hydrogen) atoms. The summed E-state index contributed by atoms with van der Waals surface area (Å²) in [6.07, 6.45) is 1.50. The molecule has 0 spiro atoms. The maximum atomic E-state index is 13.0. The van der Waals surface area contributed by atoms with Gasteiger partial charge in [-0.2, -0.15) is 5.26 Å². The second-order valence-electron chi connectivity index (χ2n) is 12.6. The fourth-order valence-corrected chi connectivity index (χ4v) is 7.68. The highest BCUT2D eigenvalue weighted by Gasteiger charge is 2.39. The first-order valence-electron chi connectivity index (χ1n) is 17.1. The summed E-state index contributed by atoms with van der Waals surface area (Å²) in [6.45, 7) is 8.88. The van der Waals surface area contributed by atoms with Crippen molar-refractivity contribution < 1.29 is 23.3 Å². The SMILES string of the molecule is COc1ccc(C(OCC(CCn2ccc(=O)n(C)c2=O)OP(OCCC#N)N(C(C)C)C(C)C)(c2ccccc2)c2ccc(OC)cc2)cc1. The van der Waals surface area contributed by atoms with E-state index >= 15 is 0 Å². The average molecular weight is 717 g/mol. The summed E-state index contributed by atoms with van der Waals surface area (Å²) in [7, 11) is 3.07. The molecule has 11 nitrogen and oxygen atoms in total. The van der Waals surface area contributed by atoms with Crippen LogP contribution in [0.2, 0.25) is 0 Å². The van der Waals surface area contributed by atoms with E-state index in [4.69, 9.17) is 23.3 Å². The van der Waals surface area contributed by atoms with E-state index in [9.17, 15) is 14.9 Å². The van der Waals surface area contributed by atoms with Gasteiger partial charge in [0.05, 0.1) is 46.0 Å². The lowest BCUT2D eigenvalue weighted by Gasteiger charge is -2.39. The number of ether oxygens (including phenoxy) is 3. The van der Waals surface area contributed by atoms with E-state index in [1.165, 1.54) is 23.9 Å². The molecule has 2 atom stereocenters. The Morgan fingerprint density at radius 2 is 1.37 bits per heavy atom. The molecule has 4 aromatic rings. The Kier molecular flexibility index (Phi) is 14.6. The molecule has 0 aliphatic rings. The molecule has 0 N–H and O–H groups in total. The molecule has 0 bridgehead atoms. The molecule has 2 unspecified atom stereocenters. The minimum absolute atomic E-state index is 0.0769. The third kappa shape index (κ3) is 9.73. The number of aryl methyl sites for hydroxylation is 1. The van der Waals surface area contributed by atoms with Crippen LogP contribution in [0.4, 0.5) is 0 Å². The van der Waals surface area contributed by atoms with Crippen LogP contribution in [0, 0.1) is 11.3 Å². The maximum Gasteiger partial charge on any atom is 0.330 e. The van der Waals surface area contributed by atoms with E-state index < -0.39 is 25.9 Å². The zero-order valence-corrected chi connectivity index (χ0v) is 31.4. The van der Waals surface area contributed by atoms with Crippen LogP contribution < -0.4 is 20.7 Å². The van der Waals surface area contributed by atoms with Crippen LogP contribution in [-0.4, -0.2) is 59.4 Å². The fourth-order valence-electron chi connectivity index (χ4n) is 5.95. The predicted molar refractivity (Wildman–Crippen MR) is 199 cm³/mol. The van der Waals surface area contributed by atoms with E-state index in [-0.39, 0.29) is 43.8 Å². The van der Waals surface area contributed by atoms with Gasteiger partial charge >= 0.3 is 5.69 Å². The van der Waals surface area contributed by atoms with Crippen LogP contribution in [-0.2, 0) is 33.0 Å². The average Bonchev–Trinajstić information content (AvgIpc) is 3.14. The van der Waals surface area contributed by atoms with Crippen LogP contribution in [0.5, 0.6) is 11.5 Å². The third-order valence-corrected chi connectivity index (χ3v) is 10.7. The van der Waals surface area contributed by atoms with Gasteiger partial charge in [-0.05, 0) is 75.1 Å². The van der Waals surface area contributed by atoms with Crippen LogP contribution in [0.1, 0.15) is 57.2 Å². The lowest BCUT2D eigenvalue weighted by atomic mass is 9.80. The third-order valence-electron chi connectivity index (χ3n) is 8.51. The molecule has 12 heteroatoms. The Labute approximate surface area is 301 Å². The fraction of sp³-hybridized carbons (Fsp3) is 0.410. The number of benzene rings is 3. The summed E-state index contributed by atoms with van der Waals surface area (Å²) in [5.41, 5.74) is 0.729. The zero-order valence-electron chi connectivity index (χ0n) is 30.5. The van der Waals surface area contributed by atoms with E-state index in [1.54, 1.807) is 14.2 Å². The minimum atomic E-state index is -1.65. The summed E-state index contributed by atoms with van der Waals surface area (Å²) < 4.78 is 36.1. The summed E-state index contributed by atoms with van der Waals surface area (Å²) >= 11 is 0. The van der Waals surface area contributed by atoms with Crippen molar-refractivity contribution in [3.63, 3.8) is 0 Å². The highest BCUT2D eigenvalue weighted by Crippen LogP contribution is 2.48. The van der Waals surface area contributed by atoms with Crippen molar-refractivity contribution in [3.8, 4) is 17.6 Å². The molecule has 0 saturated carbocycles. The highest BCUT2D eigenvalue weighted by atomic mass is 31.2. The summed E-state index contributed by atoms with van der Waals surface area (Å²) in [5, 5.41) is 9.29. The maximum absolute atomic E-state index is 13.0. The normalized spacial score (nSPS) is 13.0. The number of rotatable bonds is 19. The molecular formula is C39H49N4O7P. The van der Waals surface area contributed by atoms with Gasteiger partial charge in [-0.25, -0.2) is 9.46 Å². The Hall–Kier alpha value is -4.30. The molecule has 0 fully saturated rings. The zero-order chi connectivity index (χ0) is 37.0.